The number of hydrogen-bond donors (Lipinski definition) is 0. The van der Waals surface area contributed by atoms with Crippen LogP contribution in [0.25, 0.3) is 0 Å². The molecule has 0 spiro atoms. The molecule has 1 aliphatic carbocycles. The fourth-order valence-electron chi connectivity index (χ4n) is 1.90. The first-order valence-electron chi connectivity index (χ1n) is 5.63. The van der Waals surface area contributed by atoms with Gasteiger partial charge >= 0.3 is 0 Å². The normalized spacial score (nSPS) is 16.9. The number of rotatable bonds is 3. The lowest BCUT2D eigenvalue weighted by atomic mass is 10.1. The van der Waals surface area contributed by atoms with E-state index < -0.39 is 0 Å². The Morgan fingerprint density at radius 3 is 2.62 bits per heavy atom. The van der Waals surface area contributed by atoms with Crippen LogP contribution in [0.15, 0.2) is 24.3 Å². The predicted octanol–water partition coefficient (Wildman–Crippen LogP) is 3.16. The molecular weight excluding hydrogens is 313 g/mol. The van der Waals surface area contributed by atoms with Crippen LogP contribution in [0.1, 0.15) is 30.1 Å². The molecule has 1 atom stereocenters. The maximum atomic E-state index is 12.3. The molecule has 0 saturated heterocycles. The van der Waals surface area contributed by atoms with Gasteiger partial charge in [0.2, 0.25) is 0 Å². The molecule has 0 bridgehead atoms. The summed E-state index contributed by atoms with van der Waals surface area (Å²) in [5.74, 6) is 0.861. The zero-order valence-corrected chi connectivity index (χ0v) is 11.8. The molecule has 2 nitrogen and oxygen atoms in total. The predicted molar refractivity (Wildman–Crippen MR) is 73.4 cm³/mol. The van der Waals surface area contributed by atoms with Crippen LogP contribution in [0, 0.1) is 9.49 Å². The van der Waals surface area contributed by atoms with Crippen LogP contribution in [0.5, 0.6) is 0 Å². The average molecular weight is 329 g/mol. The van der Waals surface area contributed by atoms with Crippen LogP contribution < -0.4 is 0 Å². The largest absolute Gasteiger partial charge is 0.339 e. The summed E-state index contributed by atoms with van der Waals surface area (Å²) in [4.78, 5) is 14.1. The van der Waals surface area contributed by atoms with Gasteiger partial charge in [0.25, 0.3) is 5.91 Å². The van der Waals surface area contributed by atoms with Crippen LogP contribution in [0.3, 0.4) is 0 Å². The van der Waals surface area contributed by atoms with Crippen molar-refractivity contribution >= 4 is 28.5 Å². The molecule has 0 heterocycles. The lowest BCUT2D eigenvalue weighted by Crippen LogP contribution is -2.36. The van der Waals surface area contributed by atoms with Crippen LogP contribution in [0.4, 0.5) is 0 Å². The second-order valence-corrected chi connectivity index (χ2v) is 5.64. The van der Waals surface area contributed by atoms with Gasteiger partial charge in [-0.25, -0.2) is 0 Å². The van der Waals surface area contributed by atoms with Crippen LogP contribution in [-0.2, 0) is 0 Å². The van der Waals surface area contributed by atoms with E-state index in [1.54, 1.807) is 0 Å². The van der Waals surface area contributed by atoms with Gasteiger partial charge in [-0.05, 0) is 60.4 Å². The number of halogens is 1. The molecule has 1 aliphatic rings. The quantitative estimate of drug-likeness (QED) is 0.780. The van der Waals surface area contributed by atoms with Crippen molar-refractivity contribution < 1.29 is 4.79 Å². The third-order valence-corrected chi connectivity index (χ3v) is 4.28. The van der Waals surface area contributed by atoms with E-state index in [1.165, 1.54) is 12.8 Å². The van der Waals surface area contributed by atoms with Crippen molar-refractivity contribution in [2.75, 3.05) is 7.05 Å². The maximum absolute atomic E-state index is 12.3. The average Bonchev–Trinajstić information content (AvgIpc) is 3.11. The van der Waals surface area contributed by atoms with Gasteiger partial charge in [0.1, 0.15) is 0 Å². The zero-order chi connectivity index (χ0) is 11.7. The van der Waals surface area contributed by atoms with Gasteiger partial charge in [-0.1, -0.05) is 12.1 Å². The minimum Gasteiger partial charge on any atom is -0.339 e. The standard InChI is InChI=1S/C13H16INO/c1-9(10-7-8-10)15(2)13(16)11-5-3-4-6-12(11)14/h3-6,9-10H,7-8H2,1-2H3. The highest BCUT2D eigenvalue weighted by Crippen LogP contribution is 2.35. The van der Waals surface area contributed by atoms with Gasteiger partial charge in [0.15, 0.2) is 0 Å². The van der Waals surface area contributed by atoms with Gasteiger partial charge < -0.3 is 4.90 Å². The zero-order valence-electron chi connectivity index (χ0n) is 9.61. The molecule has 86 valence electrons. The molecule has 3 heteroatoms. The number of nitrogens with zero attached hydrogens (tertiary/aromatic N) is 1. The summed E-state index contributed by atoms with van der Waals surface area (Å²) in [5.41, 5.74) is 0.818. The Morgan fingerprint density at radius 2 is 2.06 bits per heavy atom. The fourth-order valence-corrected chi connectivity index (χ4v) is 2.52. The summed E-state index contributed by atoms with van der Waals surface area (Å²) >= 11 is 2.22. The summed E-state index contributed by atoms with van der Waals surface area (Å²) in [6.07, 6.45) is 2.54. The highest BCUT2D eigenvalue weighted by Gasteiger charge is 2.32. The van der Waals surface area contributed by atoms with Crippen LogP contribution in [-0.4, -0.2) is 23.9 Å². The van der Waals surface area contributed by atoms with Crippen molar-refractivity contribution in [3.63, 3.8) is 0 Å². The van der Waals surface area contributed by atoms with E-state index in [-0.39, 0.29) is 5.91 Å². The summed E-state index contributed by atoms with van der Waals surface area (Å²) in [6.45, 7) is 2.14. The van der Waals surface area contributed by atoms with Crippen molar-refractivity contribution in [3.05, 3.63) is 33.4 Å². The Balaban J connectivity index is 2.15. The molecule has 1 fully saturated rings. The molecule has 1 aromatic carbocycles. The lowest BCUT2D eigenvalue weighted by Gasteiger charge is -2.25. The Labute approximate surface area is 110 Å². The molecule has 0 N–H and O–H groups in total. The Hall–Kier alpha value is -0.580. The Morgan fingerprint density at radius 1 is 1.44 bits per heavy atom. The van der Waals surface area contributed by atoms with E-state index in [0.717, 1.165) is 15.1 Å². The van der Waals surface area contributed by atoms with E-state index >= 15 is 0 Å². The monoisotopic (exact) mass is 329 g/mol. The van der Waals surface area contributed by atoms with E-state index in [2.05, 4.69) is 29.5 Å². The van der Waals surface area contributed by atoms with Gasteiger partial charge in [-0.3, -0.25) is 4.79 Å². The molecule has 1 aromatic rings. The first-order valence-corrected chi connectivity index (χ1v) is 6.71. The second kappa shape index (κ2) is 4.73. The lowest BCUT2D eigenvalue weighted by molar-refractivity contribution is 0.0726. The van der Waals surface area contributed by atoms with Crippen molar-refractivity contribution in [3.8, 4) is 0 Å². The van der Waals surface area contributed by atoms with Crippen molar-refractivity contribution in [2.24, 2.45) is 5.92 Å². The van der Waals surface area contributed by atoms with E-state index in [1.807, 2.05) is 36.2 Å². The molecule has 16 heavy (non-hydrogen) atoms. The topological polar surface area (TPSA) is 20.3 Å². The van der Waals surface area contributed by atoms with E-state index in [9.17, 15) is 4.79 Å². The molecule has 1 unspecified atom stereocenters. The number of hydrogen-bond acceptors (Lipinski definition) is 1. The summed E-state index contributed by atoms with van der Waals surface area (Å²) in [6, 6.07) is 8.13. The van der Waals surface area contributed by atoms with E-state index in [4.69, 9.17) is 0 Å². The Bertz CT molecular complexity index is 401. The number of benzene rings is 1. The third kappa shape index (κ3) is 2.39. The first-order chi connectivity index (χ1) is 7.61. The van der Waals surface area contributed by atoms with E-state index in [0.29, 0.717) is 6.04 Å². The maximum Gasteiger partial charge on any atom is 0.254 e. The minimum atomic E-state index is 0.143. The number of carbonyl (C=O) groups is 1. The van der Waals surface area contributed by atoms with Crippen LogP contribution >= 0.6 is 22.6 Å². The van der Waals surface area contributed by atoms with Gasteiger partial charge in [0.05, 0.1) is 5.56 Å². The van der Waals surface area contributed by atoms with Gasteiger partial charge in [0, 0.05) is 16.7 Å². The number of carbonyl (C=O) groups excluding carboxylic acids is 1. The third-order valence-electron chi connectivity index (χ3n) is 3.34. The van der Waals surface area contributed by atoms with Crippen molar-refractivity contribution in [1.29, 1.82) is 0 Å². The molecule has 1 saturated carbocycles. The molecule has 0 radical (unpaired) electrons. The minimum absolute atomic E-state index is 0.143. The van der Waals surface area contributed by atoms with Crippen LogP contribution in [0.2, 0.25) is 0 Å². The highest BCUT2D eigenvalue weighted by molar-refractivity contribution is 14.1. The Kier molecular flexibility index (Phi) is 3.52. The molecule has 0 aromatic heterocycles. The number of amides is 1. The summed E-state index contributed by atoms with van der Waals surface area (Å²) in [5, 5.41) is 0. The first kappa shape index (κ1) is 11.9. The molecule has 1 amide bonds. The van der Waals surface area contributed by atoms with Crippen molar-refractivity contribution in [2.45, 2.75) is 25.8 Å². The fraction of sp³-hybridized carbons (Fsp3) is 0.462. The SMILES string of the molecule is CC(C1CC1)N(C)C(=O)c1ccccc1I. The van der Waals surface area contributed by atoms with Gasteiger partial charge in [-0.2, -0.15) is 0 Å². The van der Waals surface area contributed by atoms with Crippen molar-refractivity contribution in [1.82, 2.24) is 4.90 Å². The smallest absolute Gasteiger partial charge is 0.254 e. The summed E-state index contributed by atoms with van der Waals surface area (Å²) < 4.78 is 1.03. The molecule has 0 aliphatic heterocycles. The van der Waals surface area contributed by atoms with Gasteiger partial charge in [-0.15, -0.1) is 0 Å². The second-order valence-electron chi connectivity index (χ2n) is 4.47. The summed E-state index contributed by atoms with van der Waals surface area (Å²) in [7, 11) is 1.91. The molecular formula is C13H16INO. The highest BCUT2D eigenvalue weighted by atomic mass is 127. The molecule has 2 rings (SSSR count).